The number of nitrogens with one attached hydrogen (secondary N) is 2. The zero-order valence-electron chi connectivity index (χ0n) is 14.0. The maximum absolute atomic E-state index is 13.7. The van der Waals surface area contributed by atoms with Gasteiger partial charge in [0.05, 0.1) is 11.6 Å². The number of fused-ring (bicyclic) bond motifs is 3. The Kier molecular flexibility index (Phi) is 3.99. The number of aromatic nitrogens is 1. The van der Waals surface area contributed by atoms with Crippen LogP contribution in [0.25, 0.3) is 0 Å². The van der Waals surface area contributed by atoms with Crippen LogP contribution in [0.1, 0.15) is 19.8 Å². The fraction of sp³-hybridized carbons (Fsp3) is 0.529. The average Bonchev–Trinajstić information content (AvgIpc) is 3.00. The first-order valence-electron chi connectivity index (χ1n) is 8.71. The van der Waals surface area contributed by atoms with E-state index in [4.69, 9.17) is 4.99 Å². The van der Waals surface area contributed by atoms with Gasteiger partial charge in [0.25, 0.3) is 0 Å². The quantitative estimate of drug-likeness (QED) is 0.643. The summed E-state index contributed by atoms with van der Waals surface area (Å²) in [5.41, 5.74) is 1.77. The molecule has 2 unspecified atom stereocenters. The van der Waals surface area contributed by atoms with Crippen LogP contribution in [0.5, 0.6) is 0 Å². The van der Waals surface area contributed by atoms with E-state index in [2.05, 4.69) is 27.4 Å². The van der Waals surface area contributed by atoms with Crippen molar-refractivity contribution >= 4 is 11.5 Å². The van der Waals surface area contributed by atoms with E-state index in [1.54, 1.807) is 12.4 Å². The summed E-state index contributed by atoms with van der Waals surface area (Å²) in [4.78, 5) is 11.2. The van der Waals surface area contributed by atoms with Gasteiger partial charge in [-0.15, -0.1) is 0 Å². The molecule has 0 aliphatic carbocycles. The van der Waals surface area contributed by atoms with Crippen LogP contribution in [0, 0.1) is 5.21 Å². The smallest absolute Gasteiger partial charge is 0.175 e. The van der Waals surface area contributed by atoms with E-state index >= 15 is 0 Å². The number of aliphatic imine (C=N–C) groups is 1. The number of hydrogen-bond acceptors (Lipinski definition) is 6. The van der Waals surface area contributed by atoms with Crippen LogP contribution < -0.4 is 15.3 Å². The fourth-order valence-corrected chi connectivity index (χ4v) is 3.96. The highest BCUT2D eigenvalue weighted by Crippen LogP contribution is 2.33. The summed E-state index contributed by atoms with van der Waals surface area (Å²) in [6, 6.07) is 3.93. The lowest BCUT2D eigenvalue weighted by molar-refractivity contribution is 0.304. The van der Waals surface area contributed by atoms with Gasteiger partial charge < -0.3 is 20.1 Å². The van der Waals surface area contributed by atoms with Crippen molar-refractivity contribution in [1.29, 1.82) is 0 Å². The second-order valence-electron chi connectivity index (χ2n) is 6.67. The maximum Gasteiger partial charge on any atom is 0.175 e. The van der Waals surface area contributed by atoms with Crippen molar-refractivity contribution < 1.29 is 0 Å². The Morgan fingerprint density at radius 2 is 2.25 bits per heavy atom. The van der Waals surface area contributed by atoms with Gasteiger partial charge in [0.15, 0.2) is 6.29 Å². The SMILES string of the molecule is CCN[C@@H]1N=C2C(=CN1)C[N+]([O-])(c1ccncc1)CC1CCCN21. The van der Waals surface area contributed by atoms with Crippen molar-refractivity contribution in [2.75, 3.05) is 26.2 Å². The number of rotatable bonds is 3. The lowest BCUT2D eigenvalue weighted by Crippen LogP contribution is -2.49. The van der Waals surface area contributed by atoms with Gasteiger partial charge in [-0.1, -0.05) is 6.92 Å². The molecule has 4 heterocycles. The first-order chi connectivity index (χ1) is 11.7. The summed E-state index contributed by atoms with van der Waals surface area (Å²) >= 11 is 0. The molecule has 0 radical (unpaired) electrons. The molecule has 7 heteroatoms. The van der Waals surface area contributed by atoms with Gasteiger partial charge in [0.1, 0.15) is 24.6 Å². The summed E-state index contributed by atoms with van der Waals surface area (Å²) in [7, 11) is 0. The minimum atomic E-state index is -0.345. The molecule has 0 bridgehead atoms. The summed E-state index contributed by atoms with van der Waals surface area (Å²) in [6.07, 6.45) is 7.44. The number of pyridine rings is 1. The minimum absolute atomic E-state index is 0.109. The van der Waals surface area contributed by atoms with E-state index in [1.807, 2.05) is 18.3 Å². The Morgan fingerprint density at radius 3 is 3.04 bits per heavy atom. The van der Waals surface area contributed by atoms with Crippen molar-refractivity contribution in [3.63, 3.8) is 0 Å². The Morgan fingerprint density at radius 1 is 1.42 bits per heavy atom. The van der Waals surface area contributed by atoms with Crippen LogP contribution in [0.4, 0.5) is 5.69 Å². The monoisotopic (exact) mass is 328 g/mol. The molecule has 3 atom stereocenters. The number of quaternary nitrogens is 1. The number of nitrogens with zero attached hydrogens (tertiary/aromatic N) is 4. The predicted octanol–water partition coefficient (Wildman–Crippen LogP) is 1.14. The summed E-state index contributed by atoms with van der Waals surface area (Å²) in [5, 5.41) is 20.3. The third-order valence-corrected chi connectivity index (χ3v) is 5.07. The Bertz CT molecular complexity index is 660. The molecule has 0 saturated carbocycles. The first kappa shape index (κ1) is 15.6. The van der Waals surface area contributed by atoms with E-state index < -0.39 is 0 Å². The molecule has 0 spiro atoms. The lowest BCUT2D eigenvalue weighted by Gasteiger charge is -2.42. The second-order valence-corrected chi connectivity index (χ2v) is 6.67. The molecule has 2 N–H and O–H groups in total. The lowest BCUT2D eigenvalue weighted by atomic mass is 10.2. The van der Waals surface area contributed by atoms with E-state index in [1.165, 1.54) is 0 Å². The van der Waals surface area contributed by atoms with Gasteiger partial charge in [-0.05, 0) is 19.4 Å². The molecule has 1 aromatic rings. The standard InChI is InChI=1S/C17H24N6O/c1-2-19-17-20-10-13-11-23(24,15-5-7-18-8-6-15)12-14-4-3-9-22(14)16(13)21-17/h5-8,10,14,17,19-20H,2-4,9,11-12H2,1H3/t14?,17-,23?/m0/s1. The van der Waals surface area contributed by atoms with Crippen LogP contribution in [-0.4, -0.2) is 54.2 Å². The van der Waals surface area contributed by atoms with Crippen LogP contribution in [0.15, 0.2) is 41.3 Å². The zero-order valence-corrected chi connectivity index (χ0v) is 14.0. The Hall–Kier alpha value is -1.96. The number of hydroxylamine groups is 2. The van der Waals surface area contributed by atoms with Crippen molar-refractivity contribution in [2.45, 2.75) is 32.1 Å². The molecule has 0 aromatic carbocycles. The minimum Gasteiger partial charge on any atom is -0.627 e. The van der Waals surface area contributed by atoms with Gasteiger partial charge in [-0.2, -0.15) is 0 Å². The highest BCUT2D eigenvalue weighted by molar-refractivity contribution is 6.00. The molecule has 3 aliphatic rings. The second kappa shape index (κ2) is 6.16. The van der Waals surface area contributed by atoms with Gasteiger partial charge in [0.2, 0.25) is 0 Å². The molecule has 4 rings (SSSR count). The van der Waals surface area contributed by atoms with Crippen molar-refractivity contribution in [1.82, 2.24) is 25.2 Å². The molecule has 2 saturated heterocycles. The molecular formula is C17H24N6O. The highest BCUT2D eigenvalue weighted by atomic mass is 16.5. The summed E-state index contributed by atoms with van der Waals surface area (Å²) in [6.45, 7) is 4.86. The van der Waals surface area contributed by atoms with E-state index in [0.717, 1.165) is 43.0 Å². The van der Waals surface area contributed by atoms with Gasteiger partial charge in [-0.3, -0.25) is 10.3 Å². The van der Waals surface area contributed by atoms with Crippen molar-refractivity contribution in [3.05, 3.63) is 41.5 Å². The largest absolute Gasteiger partial charge is 0.627 e. The molecule has 3 aliphatic heterocycles. The molecular weight excluding hydrogens is 304 g/mol. The van der Waals surface area contributed by atoms with E-state index in [9.17, 15) is 5.21 Å². The van der Waals surface area contributed by atoms with Crippen LogP contribution in [0.3, 0.4) is 0 Å². The highest BCUT2D eigenvalue weighted by Gasteiger charge is 2.41. The third-order valence-electron chi connectivity index (χ3n) is 5.07. The Balaban J connectivity index is 1.71. The first-order valence-corrected chi connectivity index (χ1v) is 8.71. The number of hydrogen-bond donors (Lipinski definition) is 2. The van der Waals surface area contributed by atoms with Gasteiger partial charge in [0, 0.05) is 37.3 Å². The molecule has 24 heavy (non-hydrogen) atoms. The molecule has 0 amide bonds. The van der Waals surface area contributed by atoms with Crippen LogP contribution in [0.2, 0.25) is 0 Å². The topological polar surface area (TPSA) is 75.6 Å². The average molecular weight is 328 g/mol. The van der Waals surface area contributed by atoms with Crippen molar-refractivity contribution in [3.8, 4) is 0 Å². The molecule has 1 aromatic heterocycles. The summed E-state index contributed by atoms with van der Waals surface area (Å²) < 4.78 is -0.345. The third kappa shape index (κ3) is 2.68. The maximum atomic E-state index is 13.7. The van der Waals surface area contributed by atoms with Crippen LogP contribution in [-0.2, 0) is 0 Å². The van der Waals surface area contributed by atoms with E-state index in [0.29, 0.717) is 13.1 Å². The van der Waals surface area contributed by atoms with E-state index in [-0.39, 0.29) is 17.0 Å². The zero-order chi connectivity index (χ0) is 16.6. The molecule has 2 fully saturated rings. The molecule has 128 valence electrons. The normalized spacial score (nSPS) is 32.2. The Labute approximate surface area is 142 Å². The summed E-state index contributed by atoms with van der Waals surface area (Å²) in [5.74, 6) is 0.993. The molecule has 7 nitrogen and oxygen atoms in total. The predicted molar refractivity (Wildman–Crippen MR) is 95.0 cm³/mol. The van der Waals surface area contributed by atoms with Gasteiger partial charge >= 0.3 is 0 Å². The van der Waals surface area contributed by atoms with Crippen LogP contribution >= 0.6 is 0 Å². The fourth-order valence-electron chi connectivity index (χ4n) is 3.96. The number of amidine groups is 1. The van der Waals surface area contributed by atoms with Crippen molar-refractivity contribution in [2.24, 2.45) is 4.99 Å². The van der Waals surface area contributed by atoms with Gasteiger partial charge in [-0.25, -0.2) is 4.99 Å².